The van der Waals surface area contributed by atoms with E-state index >= 15 is 0 Å². The molecule has 3 nitrogen and oxygen atoms in total. The second kappa shape index (κ2) is 5.43. The van der Waals surface area contributed by atoms with Crippen molar-refractivity contribution in [3.05, 3.63) is 29.3 Å². The lowest BCUT2D eigenvalue weighted by Gasteiger charge is -2.19. The topological polar surface area (TPSA) is 35.5 Å². The molecule has 1 aromatic carbocycles. The fourth-order valence-corrected chi connectivity index (χ4v) is 3.52. The van der Waals surface area contributed by atoms with Crippen molar-refractivity contribution in [2.75, 3.05) is 6.66 Å². The van der Waals surface area contributed by atoms with Gasteiger partial charge < -0.3 is 4.52 Å². The highest BCUT2D eigenvalue weighted by atomic mass is 35.5. The second-order valence-corrected chi connectivity index (χ2v) is 6.65. The summed E-state index contributed by atoms with van der Waals surface area (Å²) in [7, 11) is -3.08. The first-order chi connectivity index (χ1) is 8.07. The summed E-state index contributed by atoms with van der Waals surface area (Å²) >= 11 is 5.95. The maximum absolute atomic E-state index is 12.2. The molecule has 1 aliphatic rings. The zero-order chi connectivity index (χ0) is 12.3. The third-order valence-electron chi connectivity index (χ3n) is 2.74. The van der Waals surface area contributed by atoms with Gasteiger partial charge in [-0.05, 0) is 25.0 Å². The van der Waals surface area contributed by atoms with Crippen molar-refractivity contribution < 1.29 is 13.6 Å². The Morgan fingerprint density at radius 1 is 1.29 bits per heavy atom. The Labute approximate surface area is 107 Å². The third kappa shape index (κ3) is 3.74. The van der Waals surface area contributed by atoms with E-state index in [4.69, 9.17) is 20.6 Å². The Hall–Kier alpha value is -0.500. The summed E-state index contributed by atoms with van der Waals surface area (Å²) in [6, 6.07) is 6.98. The van der Waals surface area contributed by atoms with E-state index in [0.717, 1.165) is 25.7 Å². The van der Waals surface area contributed by atoms with Gasteiger partial charge in [0.1, 0.15) is 5.75 Å². The number of hydrogen-bond acceptors (Lipinski definition) is 3. The highest BCUT2D eigenvalue weighted by Gasteiger charge is 2.27. The monoisotopic (exact) mass is 274 g/mol. The maximum atomic E-state index is 12.2. The molecule has 0 unspecified atom stereocenters. The Balaban J connectivity index is 2.01. The summed E-state index contributed by atoms with van der Waals surface area (Å²) in [4.78, 5) is 0. The minimum Gasteiger partial charge on any atom is -0.423 e. The number of hydrogen-bond donors (Lipinski definition) is 0. The van der Waals surface area contributed by atoms with Gasteiger partial charge in [-0.3, -0.25) is 4.52 Å². The van der Waals surface area contributed by atoms with Crippen molar-refractivity contribution in [1.82, 2.24) is 0 Å². The summed E-state index contributed by atoms with van der Waals surface area (Å²) in [5.41, 5.74) is 0. The molecule has 5 heteroatoms. The van der Waals surface area contributed by atoms with Crippen LogP contribution in [0.3, 0.4) is 0 Å². The van der Waals surface area contributed by atoms with Gasteiger partial charge in [0.05, 0.1) is 11.1 Å². The van der Waals surface area contributed by atoms with Crippen LogP contribution in [0.15, 0.2) is 24.3 Å². The molecular weight excluding hydrogens is 259 g/mol. The normalized spacial score (nSPS) is 20.1. The Morgan fingerprint density at radius 2 is 1.94 bits per heavy atom. The highest BCUT2D eigenvalue weighted by molar-refractivity contribution is 7.53. The van der Waals surface area contributed by atoms with Gasteiger partial charge in [0.15, 0.2) is 0 Å². The molecule has 0 amide bonds. The van der Waals surface area contributed by atoms with Gasteiger partial charge >= 0.3 is 7.60 Å². The van der Waals surface area contributed by atoms with Gasteiger partial charge in [0, 0.05) is 6.66 Å². The molecule has 94 valence electrons. The lowest BCUT2D eigenvalue weighted by Crippen LogP contribution is -2.08. The molecule has 0 saturated heterocycles. The SMILES string of the molecule is C[P@](=O)(Oc1ccccc1Cl)OC1CCCC1. The summed E-state index contributed by atoms with van der Waals surface area (Å²) in [5.74, 6) is 0.415. The molecular formula is C12H16ClO3P. The summed E-state index contributed by atoms with van der Waals surface area (Å²) in [6.45, 7) is 1.49. The second-order valence-electron chi connectivity index (χ2n) is 4.30. The molecule has 0 aliphatic heterocycles. The van der Waals surface area contributed by atoms with Crippen molar-refractivity contribution in [3.63, 3.8) is 0 Å². The van der Waals surface area contributed by atoms with E-state index in [1.165, 1.54) is 6.66 Å². The molecule has 1 aliphatic carbocycles. The highest BCUT2D eigenvalue weighted by Crippen LogP contribution is 2.49. The van der Waals surface area contributed by atoms with Crippen molar-refractivity contribution in [3.8, 4) is 5.75 Å². The number of halogens is 1. The van der Waals surface area contributed by atoms with Crippen LogP contribution in [-0.4, -0.2) is 12.8 Å². The van der Waals surface area contributed by atoms with E-state index in [-0.39, 0.29) is 6.10 Å². The number of benzene rings is 1. The van der Waals surface area contributed by atoms with Crippen LogP contribution >= 0.6 is 19.2 Å². The van der Waals surface area contributed by atoms with Crippen LogP contribution in [0.4, 0.5) is 0 Å². The van der Waals surface area contributed by atoms with Crippen LogP contribution in [0.5, 0.6) is 5.75 Å². The van der Waals surface area contributed by atoms with E-state index in [0.29, 0.717) is 10.8 Å². The van der Waals surface area contributed by atoms with Crippen LogP contribution in [0.25, 0.3) is 0 Å². The first-order valence-corrected chi connectivity index (χ1v) is 8.14. The molecule has 2 rings (SSSR count). The first kappa shape index (κ1) is 12.9. The van der Waals surface area contributed by atoms with Crippen molar-refractivity contribution in [2.45, 2.75) is 31.8 Å². The molecule has 0 spiro atoms. The molecule has 0 N–H and O–H groups in total. The number of para-hydroxylation sites is 1. The van der Waals surface area contributed by atoms with Crippen molar-refractivity contribution in [1.29, 1.82) is 0 Å². The van der Waals surface area contributed by atoms with Gasteiger partial charge in [-0.15, -0.1) is 0 Å². The molecule has 0 heterocycles. The van der Waals surface area contributed by atoms with Crippen LogP contribution in [0.1, 0.15) is 25.7 Å². The van der Waals surface area contributed by atoms with Gasteiger partial charge in [-0.1, -0.05) is 36.6 Å². The number of rotatable bonds is 4. The molecule has 0 radical (unpaired) electrons. The molecule has 1 atom stereocenters. The Kier molecular flexibility index (Phi) is 4.13. The van der Waals surface area contributed by atoms with Crippen LogP contribution < -0.4 is 4.52 Å². The lowest BCUT2D eigenvalue weighted by atomic mass is 10.3. The van der Waals surface area contributed by atoms with Crippen LogP contribution in [0.2, 0.25) is 5.02 Å². The fourth-order valence-electron chi connectivity index (χ4n) is 1.98. The van der Waals surface area contributed by atoms with E-state index in [1.807, 2.05) is 0 Å². The smallest absolute Gasteiger partial charge is 0.376 e. The molecule has 0 aromatic heterocycles. The zero-order valence-electron chi connectivity index (χ0n) is 9.77. The molecule has 1 aromatic rings. The largest absolute Gasteiger partial charge is 0.423 e. The standard InChI is InChI=1S/C12H16ClO3P/c1-17(14,15-10-6-2-3-7-10)16-12-9-5-4-8-11(12)13/h4-5,8-10H,2-3,6-7H2,1H3/t17-/m1/s1. The predicted octanol–water partition coefficient (Wildman–Crippen LogP) is 4.50. The van der Waals surface area contributed by atoms with Crippen molar-refractivity contribution >= 4 is 19.2 Å². The maximum Gasteiger partial charge on any atom is 0.376 e. The molecule has 1 saturated carbocycles. The van der Waals surface area contributed by atoms with E-state index in [2.05, 4.69) is 0 Å². The van der Waals surface area contributed by atoms with Crippen LogP contribution in [0, 0.1) is 0 Å². The van der Waals surface area contributed by atoms with Crippen LogP contribution in [-0.2, 0) is 9.09 Å². The molecule has 0 bridgehead atoms. The van der Waals surface area contributed by atoms with E-state index < -0.39 is 7.60 Å². The van der Waals surface area contributed by atoms with Crippen molar-refractivity contribution in [2.24, 2.45) is 0 Å². The quantitative estimate of drug-likeness (QED) is 0.758. The zero-order valence-corrected chi connectivity index (χ0v) is 11.4. The van der Waals surface area contributed by atoms with E-state index in [9.17, 15) is 4.57 Å². The Morgan fingerprint density at radius 3 is 2.59 bits per heavy atom. The lowest BCUT2D eigenvalue weighted by molar-refractivity contribution is 0.186. The third-order valence-corrected chi connectivity index (χ3v) is 4.27. The summed E-state index contributed by atoms with van der Waals surface area (Å²) in [5, 5.41) is 0.449. The van der Waals surface area contributed by atoms with E-state index in [1.54, 1.807) is 24.3 Å². The minimum atomic E-state index is -3.08. The summed E-state index contributed by atoms with van der Waals surface area (Å²) in [6.07, 6.45) is 4.26. The fraction of sp³-hybridized carbons (Fsp3) is 0.500. The Bertz CT molecular complexity index is 430. The van der Waals surface area contributed by atoms with Gasteiger partial charge in [-0.2, -0.15) is 0 Å². The van der Waals surface area contributed by atoms with Gasteiger partial charge in [0.25, 0.3) is 0 Å². The average molecular weight is 275 g/mol. The molecule has 17 heavy (non-hydrogen) atoms. The first-order valence-electron chi connectivity index (χ1n) is 5.77. The van der Waals surface area contributed by atoms with Gasteiger partial charge in [-0.25, -0.2) is 4.57 Å². The summed E-state index contributed by atoms with van der Waals surface area (Å²) < 4.78 is 23.1. The molecule has 1 fully saturated rings. The average Bonchev–Trinajstić information content (AvgIpc) is 2.73. The predicted molar refractivity (Wildman–Crippen MR) is 69.0 cm³/mol. The minimum absolute atomic E-state index is 0.0633. The van der Waals surface area contributed by atoms with Gasteiger partial charge in [0.2, 0.25) is 0 Å².